The first-order chi connectivity index (χ1) is 12.6. The van der Waals surface area contributed by atoms with Crippen molar-refractivity contribution in [1.29, 1.82) is 0 Å². The summed E-state index contributed by atoms with van der Waals surface area (Å²) in [4.78, 5) is 25.4. The molecule has 0 bridgehead atoms. The standard InChI is InChI=1S/C19H20N4O2S/c1-12(2)19-22-15(11-26-19)10-21-18(24)14-6-4-13(5-7-14)17-20-9-8-16(23-17)25-3/h4-9,11-12H,10H2,1-3H3,(H,21,24). The summed E-state index contributed by atoms with van der Waals surface area (Å²) < 4.78 is 5.11. The van der Waals surface area contributed by atoms with Gasteiger partial charge in [0.05, 0.1) is 24.4 Å². The van der Waals surface area contributed by atoms with Gasteiger partial charge in [-0.1, -0.05) is 26.0 Å². The van der Waals surface area contributed by atoms with Gasteiger partial charge >= 0.3 is 0 Å². The maximum atomic E-state index is 12.3. The van der Waals surface area contributed by atoms with Crippen LogP contribution in [-0.4, -0.2) is 28.0 Å². The third kappa shape index (κ3) is 4.23. The van der Waals surface area contributed by atoms with Crippen molar-refractivity contribution < 1.29 is 9.53 Å². The number of carbonyl (C=O) groups is 1. The lowest BCUT2D eigenvalue weighted by Gasteiger charge is -2.06. The molecule has 2 aromatic heterocycles. The number of ether oxygens (including phenoxy) is 1. The molecule has 0 atom stereocenters. The number of amides is 1. The molecule has 0 aliphatic carbocycles. The fourth-order valence-electron chi connectivity index (χ4n) is 2.31. The number of hydrogen-bond donors (Lipinski definition) is 1. The monoisotopic (exact) mass is 368 g/mol. The summed E-state index contributed by atoms with van der Waals surface area (Å²) >= 11 is 1.62. The second-order valence-corrected chi connectivity index (χ2v) is 6.90. The summed E-state index contributed by atoms with van der Waals surface area (Å²) in [6.45, 7) is 4.63. The zero-order valence-corrected chi connectivity index (χ0v) is 15.7. The van der Waals surface area contributed by atoms with Crippen LogP contribution in [0.4, 0.5) is 0 Å². The van der Waals surface area contributed by atoms with Crippen molar-refractivity contribution in [2.24, 2.45) is 0 Å². The highest BCUT2D eigenvalue weighted by molar-refractivity contribution is 7.09. The molecule has 0 fully saturated rings. The molecule has 26 heavy (non-hydrogen) atoms. The van der Waals surface area contributed by atoms with E-state index < -0.39 is 0 Å². The van der Waals surface area contributed by atoms with E-state index in [2.05, 4.69) is 34.1 Å². The lowest BCUT2D eigenvalue weighted by Crippen LogP contribution is -2.22. The first kappa shape index (κ1) is 18.0. The van der Waals surface area contributed by atoms with Crippen molar-refractivity contribution in [3.8, 4) is 17.3 Å². The van der Waals surface area contributed by atoms with Crippen LogP contribution < -0.4 is 10.1 Å². The van der Waals surface area contributed by atoms with Gasteiger partial charge in [0, 0.05) is 34.7 Å². The van der Waals surface area contributed by atoms with Gasteiger partial charge in [-0.15, -0.1) is 11.3 Å². The molecule has 0 unspecified atom stereocenters. The second-order valence-electron chi connectivity index (χ2n) is 6.01. The first-order valence-electron chi connectivity index (χ1n) is 8.27. The van der Waals surface area contributed by atoms with Crippen LogP contribution in [0, 0.1) is 0 Å². The van der Waals surface area contributed by atoms with Crippen molar-refractivity contribution in [2.75, 3.05) is 7.11 Å². The number of nitrogens with zero attached hydrogens (tertiary/aromatic N) is 3. The first-order valence-corrected chi connectivity index (χ1v) is 9.14. The van der Waals surface area contributed by atoms with Crippen LogP contribution in [0.3, 0.4) is 0 Å². The number of aromatic nitrogens is 3. The fraction of sp³-hybridized carbons (Fsp3) is 0.263. The molecule has 0 spiro atoms. The molecule has 0 radical (unpaired) electrons. The van der Waals surface area contributed by atoms with Crippen LogP contribution in [0.25, 0.3) is 11.4 Å². The van der Waals surface area contributed by atoms with Crippen LogP contribution in [0.5, 0.6) is 5.88 Å². The summed E-state index contributed by atoms with van der Waals surface area (Å²) in [6, 6.07) is 8.85. The molecule has 1 amide bonds. The Labute approximate surface area is 156 Å². The Morgan fingerprint density at radius 1 is 1.19 bits per heavy atom. The van der Waals surface area contributed by atoms with Gasteiger partial charge in [-0.25, -0.2) is 9.97 Å². The van der Waals surface area contributed by atoms with Gasteiger partial charge in [0.25, 0.3) is 5.91 Å². The Morgan fingerprint density at radius 3 is 2.62 bits per heavy atom. The van der Waals surface area contributed by atoms with E-state index in [0.717, 1.165) is 16.3 Å². The Kier molecular flexibility index (Phi) is 5.58. The zero-order valence-electron chi connectivity index (χ0n) is 14.9. The number of rotatable bonds is 6. The van der Waals surface area contributed by atoms with E-state index in [9.17, 15) is 4.79 Å². The van der Waals surface area contributed by atoms with Crippen molar-refractivity contribution >= 4 is 17.2 Å². The summed E-state index contributed by atoms with van der Waals surface area (Å²) in [5, 5.41) is 5.96. The lowest BCUT2D eigenvalue weighted by molar-refractivity contribution is 0.0950. The average Bonchev–Trinajstić information content (AvgIpc) is 3.16. The SMILES string of the molecule is COc1ccnc(-c2ccc(C(=O)NCc3csc(C(C)C)n3)cc2)n1. The fourth-order valence-corrected chi connectivity index (χ4v) is 3.14. The molecule has 3 rings (SSSR count). The quantitative estimate of drug-likeness (QED) is 0.718. The molecule has 0 aliphatic rings. The lowest BCUT2D eigenvalue weighted by atomic mass is 10.1. The van der Waals surface area contributed by atoms with Gasteiger partial charge in [0.2, 0.25) is 5.88 Å². The summed E-state index contributed by atoms with van der Waals surface area (Å²) in [5.74, 6) is 1.32. The van der Waals surface area contributed by atoms with Crippen LogP contribution in [0.2, 0.25) is 0 Å². The van der Waals surface area contributed by atoms with Gasteiger partial charge in [0.15, 0.2) is 5.82 Å². The van der Waals surface area contributed by atoms with Gasteiger partial charge in [-0.05, 0) is 12.1 Å². The number of nitrogens with one attached hydrogen (secondary N) is 1. The number of carbonyl (C=O) groups excluding carboxylic acids is 1. The van der Waals surface area contributed by atoms with E-state index in [4.69, 9.17) is 4.74 Å². The molecule has 134 valence electrons. The smallest absolute Gasteiger partial charge is 0.251 e. The van der Waals surface area contributed by atoms with Crippen LogP contribution in [0.15, 0.2) is 41.9 Å². The van der Waals surface area contributed by atoms with Crippen LogP contribution >= 0.6 is 11.3 Å². The molecular weight excluding hydrogens is 348 g/mol. The van der Waals surface area contributed by atoms with Gasteiger partial charge in [-0.3, -0.25) is 4.79 Å². The summed E-state index contributed by atoms with van der Waals surface area (Å²) in [7, 11) is 1.56. The van der Waals surface area contributed by atoms with Gasteiger partial charge < -0.3 is 10.1 Å². The highest BCUT2D eigenvalue weighted by Crippen LogP contribution is 2.20. The Morgan fingerprint density at radius 2 is 1.96 bits per heavy atom. The minimum absolute atomic E-state index is 0.137. The molecule has 2 heterocycles. The third-order valence-electron chi connectivity index (χ3n) is 3.74. The van der Waals surface area contributed by atoms with E-state index in [1.54, 1.807) is 42.8 Å². The Balaban J connectivity index is 1.64. The molecule has 0 saturated carbocycles. The minimum Gasteiger partial charge on any atom is -0.481 e. The number of hydrogen-bond acceptors (Lipinski definition) is 6. The van der Waals surface area contributed by atoms with E-state index in [1.165, 1.54) is 0 Å². The molecule has 0 saturated heterocycles. The van der Waals surface area contributed by atoms with Crippen molar-refractivity contribution in [3.05, 3.63) is 58.2 Å². The highest BCUT2D eigenvalue weighted by atomic mass is 32.1. The molecule has 1 aromatic carbocycles. The predicted molar refractivity (Wildman–Crippen MR) is 101 cm³/mol. The van der Waals surface area contributed by atoms with Crippen molar-refractivity contribution in [1.82, 2.24) is 20.3 Å². The van der Waals surface area contributed by atoms with Crippen molar-refractivity contribution in [3.63, 3.8) is 0 Å². The predicted octanol–water partition coefficient (Wildman–Crippen LogP) is 3.66. The maximum Gasteiger partial charge on any atom is 0.251 e. The number of thiazole rings is 1. The Hall–Kier alpha value is -2.80. The largest absolute Gasteiger partial charge is 0.481 e. The summed E-state index contributed by atoms with van der Waals surface area (Å²) in [5.41, 5.74) is 2.28. The summed E-state index contributed by atoms with van der Waals surface area (Å²) in [6.07, 6.45) is 1.64. The van der Waals surface area contributed by atoms with Crippen molar-refractivity contribution in [2.45, 2.75) is 26.3 Å². The second kappa shape index (κ2) is 8.05. The van der Waals surface area contributed by atoms with E-state index >= 15 is 0 Å². The normalized spacial score (nSPS) is 10.8. The highest BCUT2D eigenvalue weighted by Gasteiger charge is 2.10. The van der Waals surface area contributed by atoms with Gasteiger partial charge in [-0.2, -0.15) is 4.98 Å². The maximum absolute atomic E-state index is 12.3. The molecule has 7 heteroatoms. The third-order valence-corrected chi connectivity index (χ3v) is 4.93. The van der Waals surface area contributed by atoms with E-state index in [-0.39, 0.29) is 5.91 Å². The van der Waals surface area contributed by atoms with E-state index in [0.29, 0.717) is 29.7 Å². The minimum atomic E-state index is -0.137. The molecule has 0 aliphatic heterocycles. The topological polar surface area (TPSA) is 77.0 Å². The van der Waals surface area contributed by atoms with Gasteiger partial charge in [0.1, 0.15) is 0 Å². The Bertz CT molecular complexity index is 891. The average molecular weight is 368 g/mol. The number of methoxy groups -OCH3 is 1. The molecular formula is C19H20N4O2S. The van der Waals surface area contributed by atoms with Crippen LogP contribution in [0.1, 0.15) is 40.8 Å². The molecule has 3 aromatic rings. The number of benzene rings is 1. The molecule has 1 N–H and O–H groups in total. The zero-order chi connectivity index (χ0) is 18.5. The van der Waals surface area contributed by atoms with E-state index in [1.807, 2.05) is 17.5 Å². The molecule has 6 nitrogen and oxygen atoms in total. The van der Waals surface area contributed by atoms with Crippen LogP contribution in [-0.2, 0) is 6.54 Å².